The number of ether oxygens (including phenoxy) is 1. The molecule has 2 atom stereocenters. The van der Waals surface area contributed by atoms with E-state index in [1.54, 1.807) is 18.4 Å². The van der Waals surface area contributed by atoms with Gasteiger partial charge >= 0.3 is 0 Å². The Morgan fingerprint density at radius 3 is 2.52 bits per heavy atom. The maximum Gasteiger partial charge on any atom is 0.123 e. The van der Waals surface area contributed by atoms with Gasteiger partial charge in [-0.15, -0.1) is 48.6 Å². The SMILES string of the molecule is COc1ccc(-c2nc(C)cs2)cc1C[C@@H]1CCCN(N)[C@@H]1c1ccccc1.Cl.Cl.Cl. The van der Waals surface area contributed by atoms with Crippen molar-refractivity contribution in [1.82, 2.24) is 9.99 Å². The fraction of sp³-hybridized carbons (Fsp3) is 0.348. The number of halogens is 3. The van der Waals surface area contributed by atoms with Crippen molar-refractivity contribution in [2.24, 2.45) is 11.8 Å². The molecular weight excluding hydrogens is 473 g/mol. The van der Waals surface area contributed by atoms with Gasteiger partial charge in [0.1, 0.15) is 10.8 Å². The molecule has 0 spiro atoms. The second-order valence-corrected chi connectivity index (χ2v) is 8.38. The van der Waals surface area contributed by atoms with Crippen LogP contribution in [-0.2, 0) is 6.42 Å². The number of piperidine rings is 1. The molecule has 1 fully saturated rings. The molecule has 1 aliphatic rings. The highest BCUT2D eigenvalue weighted by atomic mass is 35.5. The molecule has 2 heterocycles. The Labute approximate surface area is 207 Å². The van der Waals surface area contributed by atoms with Crippen molar-refractivity contribution in [2.75, 3.05) is 13.7 Å². The van der Waals surface area contributed by atoms with Gasteiger partial charge in [-0.3, -0.25) is 5.84 Å². The molecule has 0 bridgehead atoms. The summed E-state index contributed by atoms with van der Waals surface area (Å²) in [6.45, 7) is 2.97. The first-order chi connectivity index (χ1) is 13.7. The van der Waals surface area contributed by atoms with Gasteiger partial charge in [-0.05, 0) is 61.4 Å². The number of aromatic nitrogens is 1. The molecule has 4 rings (SSSR count). The van der Waals surface area contributed by atoms with Crippen molar-refractivity contribution in [3.05, 3.63) is 70.7 Å². The number of aryl methyl sites for hydroxylation is 1. The molecule has 31 heavy (non-hydrogen) atoms. The van der Waals surface area contributed by atoms with Crippen LogP contribution < -0.4 is 10.6 Å². The second kappa shape index (κ2) is 12.6. The van der Waals surface area contributed by atoms with Gasteiger partial charge in [0.2, 0.25) is 0 Å². The molecule has 0 amide bonds. The van der Waals surface area contributed by atoms with Gasteiger partial charge in [-0.1, -0.05) is 30.3 Å². The molecule has 2 aromatic carbocycles. The van der Waals surface area contributed by atoms with Crippen molar-refractivity contribution < 1.29 is 4.74 Å². The minimum atomic E-state index is 0. The number of hydrogen-bond acceptors (Lipinski definition) is 5. The Morgan fingerprint density at radius 2 is 1.87 bits per heavy atom. The van der Waals surface area contributed by atoms with Crippen LogP contribution in [0.2, 0.25) is 0 Å². The molecule has 170 valence electrons. The molecule has 3 aromatic rings. The van der Waals surface area contributed by atoms with Gasteiger partial charge in [-0.25, -0.2) is 9.99 Å². The Morgan fingerprint density at radius 1 is 1.13 bits per heavy atom. The summed E-state index contributed by atoms with van der Waals surface area (Å²) in [5.74, 6) is 7.83. The van der Waals surface area contributed by atoms with Crippen LogP contribution in [0.5, 0.6) is 5.75 Å². The van der Waals surface area contributed by atoms with E-state index in [0.717, 1.165) is 47.8 Å². The van der Waals surface area contributed by atoms with E-state index in [-0.39, 0.29) is 43.3 Å². The number of benzene rings is 2. The third kappa shape index (κ3) is 6.35. The molecule has 2 N–H and O–H groups in total. The third-order valence-electron chi connectivity index (χ3n) is 5.56. The number of hydrogen-bond donors (Lipinski definition) is 1. The monoisotopic (exact) mass is 501 g/mol. The first-order valence-electron chi connectivity index (χ1n) is 9.81. The molecule has 8 heteroatoms. The van der Waals surface area contributed by atoms with E-state index in [1.807, 2.05) is 11.9 Å². The van der Waals surface area contributed by atoms with Crippen molar-refractivity contribution in [2.45, 2.75) is 32.2 Å². The molecular formula is C23H30Cl3N3OS. The van der Waals surface area contributed by atoms with Crippen molar-refractivity contribution in [1.29, 1.82) is 0 Å². The van der Waals surface area contributed by atoms with Crippen molar-refractivity contribution in [3.8, 4) is 16.3 Å². The molecule has 1 aromatic heterocycles. The molecule has 1 saturated heterocycles. The van der Waals surface area contributed by atoms with Crippen LogP contribution in [0.4, 0.5) is 0 Å². The van der Waals surface area contributed by atoms with Gasteiger partial charge in [-0.2, -0.15) is 0 Å². The standard InChI is InChI=1S/C23H27N3OS.3ClH/c1-16-15-28-23(25-16)19-10-11-21(27-2)20(14-19)13-18-9-6-12-26(24)22(18)17-7-4-3-5-8-17;;;/h3-5,7-8,10-11,14-15,18,22H,6,9,12-13,24H2,1-2H3;3*1H/t18-,22+;;;/m0.../s1. The summed E-state index contributed by atoms with van der Waals surface area (Å²) >= 11 is 1.69. The lowest BCUT2D eigenvalue weighted by Crippen LogP contribution is -2.44. The fourth-order valence-corrected chi connectivity index (χ4v) is 5.07. The quantitative estimate of drug-likeness (QED) is 0.418. The van der Waals surface area contributed by atoms with Crippen LogP contribution in [0.25, 0.3) is 10.6 Å². The van der Waals surface area contributed by atoms with E-state index in [9.17, 15) is 0 Å². The average Bonchev–Trinajstić information content (AvgIpc) is 3.15. The molecule has 0 aliphatic carbocycles. The molecule has 0 saturated carbocycles. The fourth-order valence-electron chi connectivity index (χ4n) is 4.27. The highest BCUT2D eigenvalue weighted by Crippen LogP contribution is 2.39. The Balaban J connectivity index is 0.00000160. The van der Waals surface area contributed by atoms with Gasteiger partial charge in [0.25, 0.3) is 0 Å². The Hall–Kier alpha value is -1.34. The average molecular weight is 503 g/mol. The van der Waals surface area contributed by atoms with E-state index in [2.05, 4.69) is 58.9 Å². The largest absolute Gasteiger partial charge is 0.496 e. The van der Waals surface area contributed by atoms with Crippen molar-refractivity contribution >= 4 is 48.6 Å². The number of hydrazine groups is 1. The molecule has 0 unspecified atom stereocenters. The molecule has 1 aliphatic heterocycles. The first-order valence-corrected chi connectivity index (χ1v) is 10.7. The number of thiazole rings is 1. The lowest BCUT2D eigenvalue weighted by Gasteiger charge is -2.39. The number of nitrogens with zero attached hydrogens (tertiary/aromatic N) is 2. The van der Waals surface area contributed by atoms with Crippen LogP contribution >= 0.6 is 48.6 Å². The van der Waals surface area contributed by atoms with Crippen LogP contribution in [0.3, 0.4) is 0 Å². The Kier molecular flexibility index (Phi) is 11.3. The van der Waals surface area contributed by atoms with E-state index >= 15 is 0 Å². The van der Waals surface area contributed by atoms with Gasteiger partial charge in [0.05, 0.1) is 13.2 Å². The zero-order valence-electron chi connectivity index (χ0n) is 17.7. The summed E-state index contributed by atoms with van der Waals surface area (Å²) in [5.41, 5.74) is 4.74. The predicted molar refractivity (Wildman–Crippen MR) is 137 cm³/mol. The number of methoxy groups -OCH3 is 1. The van der Waals surface area contributed by atoms with Gasteiger partial charge in [0, 0.05) is 23.2 Å². The van der Waals surface area contributed by atoms with Crippen LogP contribution in [0, 0.1) is 12.8 Å². The summed E-state index contributed by atoms with van der Waals surface area (Å²) in [6.07, 6.45) is 3.23. The van der Waals surface area contributed by atoms with Crippen molar-refractivity contribution in [3.63, 3.8) is 0 Å². The number of nitrogens with two attached hydrogens (primary N) is 1. The highest BCUT2D eigenvalue weighted by Gasteiger charge is 2.31. The maximum absolute atomic E-state index is 6.44. The lowest BCUT2D eigenvalue weighted by molar-refractivity contribution is 0.0923. The van der Waals surface area contributed by atoms with E-state index < -0.39 is 0 Å². The third-order valence-corrected chi connectivity index (χ3v) is 6.57. The van der Waals surface area contributed by atoms with Crippen LogP contribution in [-0.4, -0.2) is 23.6 Å². The van der Waals surface area contributed by atoms with E-state index in [0.29, 0.717) is 5.92 Å². The summed E-state index contributed by atoms with van der Waals surface area (Å²) in [6, 6.07) is 17.3. The summed E-state index contributed by atoms with van der Waals surface area (Å²) in [4.78, 5) is 4.65. The topological polar surface area (TPSA) is 51.4 Å². The predicted octanol–water partition coefficient (Wildman–Crippen LogP) is 6.26. The zero-order chi connectivity index (χ0) is 19.5. The molecule has 4 nitrogen and oxygen atoms in total. The summed E-state index contributed by atoms with van der Waals surface area (Å²) in [5, 5.41) is 5.17. The smallest absolute Gasteiger partial charge is 0.123 e. The van der Waals surface area contributed by atoms with E-state index in [1.165, 1.54) is 11.1 Å². The Bertz CT molecular complexity index is 939. The summed E-state index contributed by atoms with van der Waals surface area (Å²) < 4.78 is 5.69. The minimum Gasteiger partial charge on any atom is -0.496 e. The molecule has 0 radical (unpaired) electrons. The zero-order valence-corrected chi connectivity index (χ0v) is 21.0. The minimum absolute atomic E-state index is 0. The summed E-state index contributed by atoms with van der Waals surface area (Å²) in [7, 11) is 1.75. The van der Waals surface area contributed by atoms with Gasteiger partial charge in [0.15, 0.2) is 0 Å². The highest BCUT2D eigenvalue weighted by molar-refractivity contribution is 7.13. The van der Waals surface area contributed by atoms with Crippen LogP contribution in [0.15, 0.2) is 53.9 Å². The second-order valence-electron chi connectivity index (χ2n) is 7.52. The normalized spacial score (nSPS) is 18.3. The van der Waals surface area contributed by atoms with E-state index in [4.69, 9.17) is 10.6 Å². The number of rotatable bonds is 5. The van der Waals surface area contributed by atoms with Crippen LogP contribution in [0.1, 0.15) is 35.7 Å². The first kappa shape index (κ1) is 27.7. The lowest BCUT2D eigenvalue weighted by atomic mass is 9.81. The van der Waals surface area contributed by atoms with Gasteiger partial charge < -0.3 is 4.74 Å². The maximum atomic E-state index is 6.44.